The molecule has 0 N–H and O–H groups in total. The van der Waals surface area contributed by atoms with Crippen molar-refractivity contribution in [1.82, 2.24) is 0 Å². The summed E-state index contributed by atoms with van der Waals surface area (Å²) in [6.07, 6.45) is 0.939. The van der Waals surface area contributed by atoms with Gasteiger partial charge in [-0.15, -0.1) is 0 Å². The van der Waals surface area contributed by atoms with Crippen molar-refractivity contribution in [3.63, 3.8) is 0 Å². The van der Waals surface area contributed by atoms with E-state index in [2.05, 4.69) is 4.43 Å². The number of carbonyl (C=O) groups excluding carboxylic acids is 1. The van der Waals surface area contributed by atoms with E-state index in [1.165, 1.54) is 0 Å². The molecule has 0 atom stereocenters. The minimum Gasteiger partial charge on any atom is -0.527 e. The molecule has 0 aromatic rings. The maximum Gasteiger partial charge on any atom is 0.318 e. The van der Waals surface area contributed by atoms with Crippen LogP contribution in [0.5, 0.6) is 0 Å². The molecule has 0 amide bonds. The topological polar surface area (TPSA) is 35.5 Å². The molecule has 0 radical (unpaired) electrons. The van der Waals surface area contributed by atoms with Gasteiger partial charge in [-0.2, -0.15) is 0 Å². The molecule has 0 aromatic heterocycles. The average molecular weight is 148 g/mol. The van der Waals surface area contributed by atoms with Crippen LogP contribution in [0.3, 0.4) is 0 Å². The molecule has 0 rings (SSSR count). The molecule has 9 heavy (non-hydrogen) atoms. The predicted molar refractivity (Wildman–Crippen MR) is 37.1 cm³/mol. The second-order valence-corrected chi connectivity index (χ2v) is 2.04. The standard InChI is InChI=1S/C5H12O3Si/c1-2-3-7-4-5(6)8-9/h2-4H2,1,9H3. The Kier molecular flexibility index (Phi) is 5.55. The van der Waals surface area contributed by atoms with Crippen molar-refractivity contribution in [2.45, 2.75) is 13.3 Å². The third-order valence-electron chi connectivity index (χ3n) is 0.796. The second kappa shape index (κ2) is 5.78. The van der Waals surface area contributed by atoms with Gasteiger partial charge in [0, 0.05) is 6.61 Å². The number of carbonyl (C=O) groups is 1. The Morgan fingerprint density at radius 2 is 2.33 bits per heavy atom. The van der Waals surface area contributed by atoms with Gasteiger partial charge in [0.05, 0.1) is 0 Å². The largest absolute Gasteiger partial charge is 0.527 e. The predicted octanol–water partition coefficient (Wildman–Crippen LogP) is -0.763. The Balaban J connectivity index is 2.97. The molecule has 0 spiro atoms. The van der Waals surface area contributed by atoms with Gasteiger partial charge in [0.2, 0.25) is 10.5 Å². The van der Waals surface area contributed by atoms with E-state index >= 15 is 0 Å². The first-order valence-corrected chi connectivity index (χ1v) is 3.77. The number of hydrogen-bond donors (Lipinski definition) is 0. The van der Waals surface area contributed by atoms with Gasteiger partial charge in [0.15, 0.2) is 0 Å². The number of rotatable bonds is 4. The smallest absolute Gasteiger partial charge is 0.318 e. The minimum absolute atomic E-state index is 0.108. The maximum atomic E-state index is 10.4. The van der Waals surface area contributed by atoms with Crippen molar-refractivity contribution in [3.05, 3.63) is 0 Å². The molecule has 0 aliphatic rings. The maximum absolute atomic E-state index is 10.4. The zero-order valence-corrected chi connectivity index (χ0v) is 7.85. The Morgan fingerprint density at radius 3 is 2.78 bits per heavy atom. The second-order valence-electron chi connectivity index (χ2n) is 1.63. The molecular weight excluding hydrogens is 136 g/mol. The van der Waals surface area contributed by atoms with Gasteiger partial charge < -0.3 is 9.16 Å². The lowest BCUT2D eigenvalue weighted by Gasteiger charge is -1.99. The van der Waals surface area contributed by atoms with Crippen LogP contribution in [-0.2, 0) is 14.0 Å². The first-order chi connectivity index (χ1) is 4.31. The van der Waals surface area contributed by atoms with Crippen LogP contribution < -0.4 is 0 Å². The Morgan fingerprint density at radius 1 is 1.67 bits per heavy atom. The molecule has 54 valence electrons. The van der Waals surface area contributed by atoms with Gasteiger partial charge in [-0.3, -0.25) is 4.79 Å². The highest BCUT2D eigenvalue weighted by atomic mass is 28.2. The average Bonchev–Trinajstić information content (AvgIpc) is 1.89. The molecule has 3 nitrogen and oxygen atoms in total. The minimum atomic E-state index is -0.255. The van der Waals surface area contributed by atoms with Crippen molar-refractivity contribution in [3.8, 4) is 0 Å². The van der Waals surface area contributed by atoms with E-state index in [0.717, 1.165) is 6.42 Å². The number of ether oxygens (including phenoxy) is 1. The summed E-state index contributed by atoms with van der Waals surface area (Å²) in [6.45, 7) is 2.74. The quantitative estimate of drug-likeness (QED) is 0.388. The lowest BCUT2D eigenvalue weighted by molar-refractivity contribution is -0.139. The molecule has 0 saturated heterocycles. The lowest BCUT2D eigenvalue weighted by atomic mass is 10.5. The first kappa shape index (κ1) is 8.65. The first-order valence-electron chi connectivity index (χ1n) is 2.95. The van der Waals surface area contributed by atoms with Gasteiger partial charge in [0.1, 0.15) is 6.61 Å². The van der Waals surface area contributed by atoms with Crippen LogP contribution in [0.25, 0.3) is 0 Å². The Labute approximate surface area is 57.9 Å². The molecule has 0 aromatic carbocycles. The SMILES string of the molecule is CCCOCC(=O)O[SiH3]. The van der Waals surface area contributed by atoms with Crippen molar-refractivity contribution < 1.29 is 14.0 Å². The third-order valence-corrected chi connectivity index (χ3v) is 1.25. The van der Waals surface area contributed by atoms with Crippen LogP contribution in [0.4, 0.5) is 0 Å². The normalized spacial score (nSPS) is 9.44. The molecule has 0 unspecified atom stereocenters. The summed E-state index contributed by atoms with van der Waals surface area (Å²) in [7, 11) is 0.462. The van der Waals surface area contributed by atoms with E-state index in [4.69, 9.17) is 4.74 Å². The summed E-state index contributed by atoms with van der Waals surface area (Å²) < 4.78 is 9.35. The monoisotopic (exact) mass is 148 g/mol. The summed E-state index contributed by atoms with van der Waals surface area (Å²) in [6, 6.07) is 0. The summed E-state index contributed by atoms with van der Waals surface area (Å²) >= 11 is 0. The summed E-state index contributed by atoms with van der Waals surface area (Å²) in [4.78, 5) is 10.4. The third kappa shape index (κ3) is 5.52. The molecule has 4 heteroatoms. The van der Waals surface area contributed by atoms with Crippen molar-refractivity contribution in [2.75, 3.05) is 13.2 Å². The summed E-state index contributed by atoms with van der Waals surface area (Å²) in [5.74, 6) is -0.255. The molecule has 0 aliphatic carbocycles. The van der Waals surface area contributed by atoms with Crippen LogP contribution in [-0.4, -0.2) is 29.7 Å². The van der Waals surface area contributed by atoms with Gasteiger partial charge >= 0.3 is 5.97 Å². The molecule has 0 saturated carbocycles. The van der Waals surface area contributed by atoms with E-state index in [9.17, 15) is 4.79 Å². The van der Waals surface area contributed by atoms with Gasteiger partial charge in [-0.25, -0.2) is 0 Å². The fourth-order valence-corrected chi connectivity index (χ4v) is 0.477. The van der Waals surface area contributed by atoms with Crippen LogP contribution in [0, 0.1) is 0 Å². The zero-order valence-electron chi connectivity index (χ0n) is 5.85. The van der Waals surface area contributed by atoms with Crippen molar-refractivity contribution in [1.29, 1.82) is 0 Å². The summed E-state index contributed by atoms with van der Waals surface area (Å²) in [5, 5.41) is 0. The van der Waals surface area contributed by atoms with E-state index in [0.29, 0.717) is 17.1 Å². The molecule has 0 fully saturated rings. The fourth-order valence-electron chi connectivity index (χ4n) is 0.359. The highest BCUT2D eigenvalue weighted by Crippen LogP contribution is 1.80. The van der Waals surface area contributed by atoms with E-state index in [1.54, 1.807) is 0 Å². The van der Waals surface area contributed by atoms with Crippen molar-refractivity contribution in [2.24, 2.45) is 0 Å². The van der Waals surface area contributed by atoms with Crippen LogP contribution in [0.15, 0.2) is 0 Å². The highest BCUT2D eigenvalue weighted by Gasteiger charge is 1.95. The van der Waals surface area contributed by atoms with Crippen LogP contribution >= 0.6 is 0 Å². The number of hydrogen-bond acceptors (Lipinski definition) is 3. The zero-order chi connectivity index (χ0) is 7.11. The molecular formula is C5H12O3Si. The van der Waals surface area contributed by atoms with Crippen molar-refractivity contribution >= 4 is 16.5 Å². The van der Waals surface area contributed by atoms with E-state index in [1.807, 2.05) is 6.92 Å². The van der Waals surface area contributed by atoms with E-state index < -0.39 is 0 Å². The molecule has 0 aliphatic heterocycles. The van der Waals surface area contributed by atoms with Crippen LogP contribution in [0.1, 0.15) is 13.3 Å². The van der Waals surface area contributed by atoms with Gasteiger partial charge in [0.25, 0.3) is 0 Å². The lowest BCUT2D eigenvalue weighted by Crippen LogP contribution is -2.10. The fraction of sp³-hybridized carbons (Fsp3) is 0.800. The Hall–Kier alpha value is -0.353. The van der Waals surface area contributed by atoms with Crippen LogP contribution in [0.2, 0.25) is 0 Å². The van der Waals surface area contributed by atoms with E-state index in [-0.39, 0.29) is 12.6 Å². The summed E-state index contributed by atoms with van der Waals surface area (Å²) in [5.41, 5.74) is 0. The Bertz CT molecular complexity index is 84.3. The van der Waals surface area contributed by atoms with Gasteiger partial charge in [-0.1, -0.05) is 6.92 Å². The van der Waals surface area contributed by atoms with Gasteiger partial charge in [-0.05, 0) is 6.42 Å². The molecule has 0 heterocycles. The highest BCUT2D eigenvalue weighted by molar-refractivity contribution is 6.05. The molecule has 0 bridgehead atoms.